The summed E-state index contributed by atoms with van der Waals surface area (Å²) in [6.07, 6.45) is 1.15. The first kappa shape index (κ1) is 27.5. The summed E-state index contributed by atoms with van der Waals surface area (Å²) in [4.78, 5) is 37.9. The molecule has 0 fully saturated rings. The number of anilines is 1. The Morgan fingerprint density at radius 3 is 2.00 bits per heavy atom. The third-order valence-corrected chi connectivity index (χ3v) is 4.99. The molecule has 0 spiro atoms. The van der Waals surface area contributed by atoms with E-state index >= 15 is 0 Å². The molecule has 1 aromatic heterocycles. The second kappa shape index (κ2) is 11.3. The first-order valence-electron chi connectivity index (χ1n) is 12.1. The minimum absolute atomic E-state index is 0.236. The highest BCUT2D eigenvalue weighted by atomic mass is 16.6. The molecule has 2 aromatic carbocycles. The summed E-state index contributed by atoms with van der Waals surface area (Å²) in [5, 5.41) is 5.48. The standard InChI is InChI=1S/C29H34N2O6/c1-28(2,3)36-26(33)21-13-15-22(16-14-21)30-25(32)23(31-27(34)37-29(4,5)6)18-19-9-11-20(12-10-19)24-8-7-17-35-24/h7-17,23H,18H2,1-6H3,(H,30,32)(H,31,34). The molecule has 8 heteroatoms. The van der Waals surface area contributed by atoms with Gasteiger partial charge in [-0.15, -0.1) is 0 Å². The SMILES string of the molecule is CC(C)(C)OC(=O)NC(Cc1ccc(-c2ccco2)cc1)C(=O)Nc1ccc(C(=O)OC(C)(C)C)cc1. The van der Waals surface area contributed by atoms with Crippen LogP contribution in [0.5, 0.6) is 0 Å². The van der Waals surface area contributed by atoms with Crippen LogP contribution in [0.3, 0.4) is 0 Å². The minimum atomic E-state index is -0.908. The van der Waals surface area contributed by atoms with Crippen molar-refractivity contribution in [2.24, 2.45) is 0 Å². The van der Waals surface area contributed by atoms with E-state index in [1.165, 1.54) is 0 Å². The van der Waals surface area contributed by atoms with Gasteiger partial charge in [0.25, 0.3) is 0 Å². The van der Waals surface area contributed by atoms with E-state index in [1.807, 2.05) is 36.4 Å². The zero-order valence-corrected chi connectivity index (χ0v) is 22.1. The maximum absolute atomic E-state index is 13.2. The zero-order valence-electron chi connectivity index (χ0n) is 22.1. The number of alkyl carbamates (subject to hydrolysis) is 1. The average Bonchev–Trinajstić information content (AvgIpc) is 3.32. The van der Waals surface area contributed by atoms with Gasteiger partial charge in [0.15, 0.2) is 0 Å². The topological polar surface area (TPSA) is 107 Å². The Morgan fingerprint density at radius 2 is 1.46 bits per heavy atom. The Kier molecular flexibility index (Phi) is 8.42. The lowest BCUT2D eigenvalue weighted by Gasteiger charge is -2.23. The quantitative estimate of drug-likeness (QED) is 0.382. The van der Waals surface area contributed by atoms with Crippen LogP contribution in [-0.4, -0.2) is 35.2 Å². The number of benzene rings is 2. The van der Waals surface area contributed by atoms with E-state index in [1.54, 1.807) is 72.1 Å². The van der Waals surface area contributed by atoms with Crippen LogP contribution in [0, 0.1) is 0 Å². The molecule has 0 saturated heterocycles. The van der Waals surface area contributed by atoms with Gasteiger partial charge in [-0.3, -0.25) is 4.79 Å². The molecule has 196 valence electrons. The van der Waals surface area contributed by atoms with Gasteiger partial charge >= 0.3 is 12.1 Å². The van der Waals surface area contributed by atoms with E-state index in [4.69, 9.17) is 13.9 Å². The van der Waals surface area contributed by atoms with Crippen molar-refractivity contribution in [3.63, 3.8) is 0 Å². The van der Waals surface area contributed by atoms with Crippen molar-refractivity contribution in [2.45, 2.75) is 65.2 Å². The van der Waals surface area contributed by atoms with Crippen LogP contribution in [0.1, 0.15) is 57.5 Å². The van der Waals surface area contributed by atoms with Crippen molar-refractivity contribution < 1.29 is 28.3 Å². The average molecular weight is 507 g/mol. The molecule has 0 bridgehead atoms. The monoisotopic (exact) mass is 506 g/mol. The van der Waals surface area contributed by atoms with Crippen LogP contribution >= 0.6 is 0 Å². The second-order valence-corrected chi connectivity index (χ2v) is 10.6. The molecule has 1 heterocycles. The van der Waals surface area contributed by atoms with Crippen molar-refractivity contribution in [2.75, 3.05) is 5.32 Å². The van der Waals surface area contributed by atoms with E-state index in [9.17, 15) is 14.4 Å². The zero-order chi connectivity index (χ0) is 27.2. The summed E-state index contributed by atoms with van der Waals surface area (Å²) in [5.41, 5.74) is 1.26. The van der Waals surface area contributed by atoms with Gasteiger partial charge < -0.3 is 24.5 Å². The van der Waals surface area contributed by atoms with Crippen LogP contribution in [0.25, 0.3) is 11.3 Å². The number of hydrogen-bond acceptors (Lipinski definition) is 6. The molecule has 8 nitrogen and oxygen atoms in total. The Bertz CT molecular complexity index is 1200. The van der Waals surface area contributed by atoms with E-state index < -0.39 is 35.2 Å². The number of carbonyl (C=O) groups excluding carboxylic acids is 3. The van der Waals surface area contributed by atoms with E-state index in [0.717, 1.165) is 16.9 Å². The second-order valence-electron chi connectivity index (χ2n) is 10.6. The largest absolute Gasteiger partial charge is 0.464 e. The molecule has 0 radical (unpaired) electrons. The summed E-state index contributed by atoms with van der Waals surface area (Å²) in [5.74, 6) is -0.138. The molecule has 1 unspecified atom stereocenters. The molecule has 0 aliphatic carbocycles. The van der Waals surface area contributed by atoms with Gasteiger partial charge in [0.2, 0.25) is 5.91 Å². The van der Waals surface area contributed by atoms with E-state index in [-0.39, 0.29) is 6.42 Å². The third-order valence-electron chi connectivity index (χ3n) is 4.99. The molecule has 1 atom stereocenters. The summed E-state index contributed by atoms with van der Waals surface area (Å²) in [6.45, 7) is 10.6. The van der Waals surface area contributed by atoms with Crippen molar-refractivity contribution >= 4 is 23.7 Å². The predicted molar refractivity (Wildman–Crippen MR) is 141 cm³/mol. The summed E-state index contributed by atoms with van der Waals surface area (Å²) in [6, 6.07) is 16.7. The highest BCUT2D eigenvalue weighted by Gasteiger charge is 2.25. The predicted octanol–water partition coefficient (Wildman–Crippen LogP) is 5.98. The number of hydrogen-bond donors (Lipinski definition) is 2. The molecule has 0 aliphatic rings. The number of nitrogens with one attached hydrogen (secondary N) is 2. The van der Waals surface area contributed by atoms with Gasteiger partial charge in [-0.25, -0.2) is 9.59 Å². The molecule has 3 aromatic rings. The van der Waals surface area contributed by atoms with E-state index in [0.29, 0.717) is 11.3 Å². The molecular formula is C29H34N2O6. The molecule has 0 saturated carbocycles. The first-order valence-corrected chi connectivity index (χ1v) is 12.1. The van der Waals surface area contributed by atoms with Crippen molar-refractivity contribution in [1.82, 2.24) is 5.32 Å². The number of rotatable bonds is 7. The molecule has 37 heavy (non-hydrogen) atoms. The summed E-state index contributed by atoms with van der Waals surface area (Å²) in [7, 11) is 0. The number of carbonyl (C=O) groups is 3. The minimum Gasteiger partial charge on any atom is -0.464 e. The van der Waals surface area contributed by atoms with Gasteiger partial charge in [0, 0.05) is 17.7 Å². The molecule has 3 rings (SSSR count). The lowest BCUT2D eigenvalue weighted by atomic mass is 10.0. The van der Waals surface area contributed by atoms with E-state index in [2.05, 4.69) is 10.6 Å². The van der Waals surface area contributed by atoms with Gasteiger partial charge in [0.05, 0.1) is 11.8 Å². The Morgan fingerprint density at radius 1 is 0.838 bits per heavy atom. The molecule has 2 amide bonds. The lowest BCUT2D eigenvalue weighted by molar-refractivity contribution is -0.118. The molecule has 2 N–H and O–H groups in total. The lowest BCUT2D eigenvalue weighted by Crippen LogP contribution is -2.47. The first-order chi connectivity index (χ1) is 17.3. The Labute approximate surface area is 217 Å². The van der Waals surface area contributed by atoms with Crippen LogP contribution in [0.4, 0.5) is 10.5 Å². The van der Waals surface area contributed by atoms with Crippen LogP contribution < -0.4 is 10.6 Å². The fourth-order valence-corrected chi connectivity index (χ4v) is 3.40. The number of furan rings is 1. The van der Waals surface area contributed by atoms with Crippen LogP contribution in [-0.2, 0) is 20.7 Å². The highest BCUT2D eigenvalue weighted by molar-refractivity contribution is 5.97. The fourth-order valence-electron chi connectivity index (χ4n) is 3.40. The van der Waals surface area contributed by atoms with Crippen LogP contribution in [0.15, 0.2) is 71.3 Å². The maximum atomic E-state index is 13.2. The van der Waals surface area contributed by atoms with Gasteiger partial charge in [-0.2, -0.15) is 0 Å². The number of esters is 1. The molecular weight excluding hydrogens is 472 g/mol. The normalized spacial score (nSPS) is 12.4. The summed E-state index contributed by atoms with van der Waals surface area (Å²) >= 11 is 0. The Balaban J connectivity index is 1.73. The fraction of sp³-hybridized carbons (Fsp3) is 0.345. The van der Waals surface area contributed by atoms with Gasteiger partial charge in [-0.05, 0) is 83.5 Å². The van der Waals surface area contributed by atoms with Crippen molar-refractivity contribution in [3.8, 4) is 11.3 Å². The van der Waals surface area contributed by atoms with Crippen LogP contribution in [0.2, 0.25) is 0 Å². The number of amides is 2. The number of ether oxygens (including phenoxy) is 2. The smallest absolute Gasteiger partial charge is 0.408 e. The molecule has 0 aliphatic heterocycles. The third kappa shape index (κ3) is 8.83. The summed E-state index contributed by atoms with van der Waals surface area (Å²) < 4.78 is 16.2. The maximum Gasteiger partial charge on any atom is 0.408 e. The van der Waals surface area contributed by atoms with Crippen molar-refractivity contribution in [1.29, 1.82) is 0 Å². The Hall–Kier alpha value is -4.07. The van der Waals surface area contributed by atoms with Gasteiger partial charge in [0.1, 0.15) is 23.0 Å². The van der Waals surface area contributed by atoms with Gasteiger partial charge in [-0.1, -0.05) is 24.3 Å². The highest BCUT2D eigenvalue weighted by Crippen LogP contribution is 2.21. The van der Waals surface area contributed by atoms with Crippen molar-refractivity contribution in [3.05, 3.63) is 78.1 Å².